The van der Waals surface area contributed by atoms with Gasteiger partial charge in [0.15, 0.2) is 11.3 Å². The number of nitrogens with zero attached hydrogens (tertiary/aromatic N) is 8. The Balaban J connectivity index is 0.000000174. The van der Waals surface area contributed by atoms with Gasteiger partial charge in [0.05, 0.1) is 24.5 Å². The summed E-state index contributed by atoms with van der Waals surface area (Å²) in [5.41, 5.74) is 11.3. The zero-order chi connectivity index (χ0) is 42.8. The molecular formula is C44H63N13O2S. The Morgan fingerprint density at radius 1 is 0.667 bits per heavy atom. The fourth-order valence-electron chi connectivity index (χ4n) is 7.32. The van der Waals surface area contributed by atoms with Crippen molar-refractivity contribution in [2.45, 2.75) is 128 Å². The second-order valence-corrected chi connectivity index (χ2v) is 18.5. The largest absolute Gasteiger partial charge is 0.351 e. The van der Waals surface area contributed by atoms with Gasteiger partial charge >= 0.3 is 0 Å². The van der Waals surface area contributed by atoms with E-state index in [0.717, 1.165) is 54.5 Å². The maximum Gasteiger partial charge on any atom is 0.252 e. The fraction of sp³-hybridized carbons (Fsp3) is 0.500. The van der Waals surface area contributed by atoms with Crippen molar-refractivity contribution in [3.63, 3.8) is 0 Å². The first-order valence-electron chi connectivity index (χ1n) is 21.4. The van der Waals surface area contributed by atoms with Crippen LogP contribution in [-0.2, 0) is 9.84 Å². The molecule has 2 atom stereocenters. The van der Waals surface area contributed by atoms with Crippen LogP contribution in [0.3, 0.4) is 0 Å². The van der Waals surface area contributed by atoms with E-state index in [-0.39, 0.29) is 23.2 Å². The molecule has 0 radical (unpaired) electrons. The van der Waals surface area contributed by atoms with Gasteiger partial charge < -0.3 is 27.0 Å². The van der Waals surface area contributed by atoms with Crippen LogP contribution in [-0.4, -0.2) is 79.0 Å². The van der Waals surface area contributed by atoms with Gasteiger partial charge in [-0.1, -0.05) is 108 Å². The monoisotopic (exact) mass is 837 g/mol. The van der Waals surface area contributed by atoms with E-state index in [1.165, 1.54) is 37.7 Å². The number of benzene rings is 2. The predicted octanol–water partition coefficient (Wildman–Crippen LogP) is 7.69. The van der Waals surface area contributed by atoms with Crippen molar-refractivity contribution >= 4 is 39.0 Å². The zero-order valence-electron chi connectivity index (χ0n) is 36.1. The molecule has 2 fully saturated rings. The summed E-state index contributed by atoms with van der Waals surface area (Å²) >= 11 is 0. The Bertz CT molecular complexity index is 2370. The number of aromatic nitrogens is 8. The average molecular weight is 838 g/mol. The van der Waals surface area contributed by atoms with Crippen molar-refractivity contribution in [3.8, 4) is 0 Å². The molecule has 0 bridgehead atoms. The fourth-order valence-corrected chi connectivity index (χ4v) is 7.83. The number of hydrogen-bond acceptors (Lipinski definition) is 13. The van der Waals surface area contributed by atoms with Gasteiger partial charge in [-0.05, 0) is 75.6 Å². The highest BCUT2D eigenvalue weighted by atomic mass is 32.2. The lowest BCUT2D eigenvalue weighted by Gasteiger charge is -2.24. The van der Waals surface area contributed by atoms with Crippen LogP contribution in [0.1, 0.15) is 133 Å². The van der Waals surface area contributed by atoms with Gasteiger partial charge in [0.25, 0.3) is 5.16 Å². The number of fused-ring (bicyclic) bond motifs is 2. The van der Waals surface area contributed by atoms with Crippen molar-refractivity contribution in [2.75, 3.05) is 35.3 Å². The van der Waals surface area contributed by atoms with Gasteiger partial charge in [0.1, 0.15) is 0 Å². The molecular weight excluding hydrogens is 775 g/mol. The minimum absolute atomic E-state index is 0.0709. The molecule has 1 saturated heterocycles. The first-order valence-corrected chi connectivity index (χ1v) is 23.2. The molecule has 16 heteroatoms. The molecule has 2 aliphatic rings. The number of anilines is 3. The topological polar surface area (TPSA) is 194 Å². The van der Waals surface area contributed by atoms with Crippen LogP contribution in [0.2, 0.25) is 0 Å². The standard InChI is InChI=1S/C21H29N7.C17H21N5O2S.C6H13N/c1-14(2)18-13-23-28-19(18)26-20(25-17-9-11-22-12-10-17)27-21(28)24-15(3)16-7-5-4-6-8-16;1-11(2)14-10-18-22-15(14)20-17(25(4,23)24)21-16(22)19-12(3)13-8-6-5-7-9-13;7-6-4-2-1-3-5-6/h4-8,13-15,17,22H,9-12H2,1-3H3,(H2,24,25,26,27);5-12H,1-4H3,(H,19,20,21);6H,1-5,7H2/t15-;12-;/m00./s1. The Hall–Kier alpha value is -5.19. The van der Waals surface area contributed by atoms with Crippen molar-refractivity contribution in [1.82, 2.24) is 44.5 Å². The minimum atomic E-state index is -3.54. The number of nitrogens with one attached hydrogen (secondary N) is 4. The second kappa shape index (κ2) is 20.4. The minimum Gasteiger partial charge on any atom is -0.351 e. The summed E-state index contributed by atoms with van der Waals surface area (Å²) < 4.78 is 27.4. The highest BCUT2D eigenvalue weighted by Gasteiger charge is 2.22. The molecule has 1 saturated carbocycles. The first-order chi connectivity index (χ1) is 28.8. The van der Waals surface area contributed by atoms with Crippen molar-refractivity contribution < 1.29 is 8.42 Å². The lowest BCUT2D eigenvalue weighted by atomic mass is 9.97. The molecule has 0 amide bonds. The summed E-state index contributed by atoms with van der Waals surface area (Å²) in [7, 11) is -3.54. The molecule has 1 aliphatic heterocycles. The van der Waals surface area contributed by atoms with E-state index in [1.54, 1.807) is 10.7 Å². The lowest BCUT2D eigenvalue weighted by Crippen LogP contribution is -2.35. The van der Waals surface area contributed by atoms with E-state index < -0.39 is 9.84 Å². The number of rotatable bonds is 11. The van der Waals surface area contributed by atoms with E-state index in [9.17, 15) is 8.42 Å². The molecule has 2 aromatic carbocycles. The number of nitrogens with two attached hydrogens (primary N) is 1. The molecule has 8 rings (SSSR count). The Morgan fingerprint density at radius 2 is 1.15 bits per heavy atom. The Labute approximate surface area is 354 Å². The summed E-state index contributed by atoms with van der Waals surface area (Å²) in [6.07, 6.45) is 13.5. The van der Waals surface area contributed by atoms with Crippen molar-refractivity contribution in [2.24, 2.45) is 5.73 Å². The smallest absolute Gasteiger partial charge is 0.252 e. The summed E-state index contributed by atoms with van der Waals surface area (Å²) in [4.78, 5) is 18.0. The van der Waals surface area contributed by atoms with Gasteiger partial charge in [0.2, 0.25) is 27.7 Å². The van der Waals surface area contributed by atoms with Gasteiger partial charge in [-0.2, -0.15) is 39.2 Å². The average Bonchev–Trinajstić information content (AvgIpc) is 3.88. The maximum atomic E-state index is 12.0. The molecule has 1 aliphatic carbocycles. The maximum absolute atomic E-state index is 12.0. The molecule has 322 valence electrons. The summed E-state index contributed by atoms with van der Waals surface area (Å²) in [6, 6.07) is 21.2. The number of piperidine rings is 1. The zero-order valence-corrected chi connectivity index (χ0v) is 37.0. The van der Waals surface area contributed by atoms with Crippen LogP contribution in [0.25, 0.3) is 11.3 Å². The molecule has 0 unspecified atom stereocenters. The quantitative estimate of drug-likeness (QED) is 0.0854. The van der Waals surface area contributed by atoms with E-state index >= 15 is 0 Å². The number of hydrogen-bond donors (Lipinski definition) is 5. The van der Waals surface area contributed by atoms with E-state index in [4.69, 9.17) is 15.7 Å². The van der Waals surface area contributed by atoms with E-state index in [1.807, 2.05) is 67.9 Å². The summed E-state index contributed by atoms with van der Waals surface area (Å²) in [5, 5.41) is 22.4. The first kappa shape index (κ1) is 44.4. The Morgan fingerprint density at radius 3 is 1.60 bits per heavy atom. The second-order valence-electron chi connectivity index (χ2n) is 16.6. The van der Waals surface area contributed by atoms with Crippen LogP contribution in [0.4, 0.5) is 17.8 Å². The van der Waals surface area contributed by atoms with Crippen LogP contribution in [0.15, 0.2) is 78.2 Å². The van der Waals surface area contributed by atoms with Crippen LogP contribution >= 0.6 is 0 Å². The third kappa shape index (κ3) is 11.5. The van der Waals surface area contributed by atoms with Crippen LogP contribution < -0.4 is 27.0 Å². The molecule has 6 N–H and O–H groups in total. The van der Waals surface area contributed by atoms with Gasteiger partial charge in [0, 0.05) is 29.5 Å². The molecule has 60 heavy (non-hydrogen) atoms. The lowest BCUT2D eigenvalue weighted by molar-refractivity contribution is 0.441. The third-order valence-corrected chi connectivity index (χ3v) is 11.8. The predicted molar refractivity (Wildman–Crippen MR) is 240 cm³/mol. The highest BCUT2D eigenvalue weighted by Crippen LogP contribution is 2.27. The van der Waals surface area contributed by atoms with E-state index in [2.05, 4.69) is 86.5 Å². The highest BCUT2D eigenvalue weighted by molar-refractivity contribution is 7.90. The van der Waals surface area contributed by atoms with Crippen molar-refractivity contribution in [3.05, 3.63) is 95.3 Å². The van der Waals surface area contributed by atoms with Gasteiger partial charge in [-0.25, -0.2) is 8.42 Å². The molecule has 0 spiro atoms. The molecule has 5 heterocycles. The molecule has 6 aromatic rings. The van der Waals surface area contributed by atoms with Gasteiger partial charge in [-0.15, -0.1) is 0 Å². The summed E-state index contributed by atoms with van der Waals surface area (Å²) in [5.74, 6) is 2.25. The van der Waals surface area contributed by atoms with Gasteiger partial charge in [-0.3, -0.25) is 0 Å². The van der Waals surface area contributed by atoms with Crippen LogP contribution in [0.5, 0.6) is 0 Å². The Kier molecular flexibility index (Phi) is 15.1. The molecule has 4 aromatic heterocycles. The SMILES string of the molecule is CC(C)c1cnn2c(N[C@@H](C)c3ccccc3)nc(NC3CCNCC3)nc12.CC(C)c1cnn2c(N[C@@H](C)c3ccccc3)nc(S(C)(=O)=O)nc12.NC1CCCCC1. The summed E-state index contributed by atoms with van der Waals surface area (Å²) in [6.45, 7) is 14.5. The van der Waals surface area contributed by atoms with Crippen molar-refractivity contribution in [1.29, 1.82) is 0 Å². The van der Waals surface area contributed by atoms with Crippen LogP contribution in [0, 0.1) is 0 Å². The van der Waals surface area contributed by atoms with E-state index in [0.29, 0.717) is 41.5 Å². The third-order valence-electron chi connectivity index (χ3n) is 11.0. The normalized spacial score (nSPS) is 16.2. The molecule has 15 nitrogen and oxygen atoms in total. The number of sulfone groups is 1.